The van der Waals surface area contributed by atoms with Crippen LogP contribution in [0.5, 0.6) is 0 Å². The van der Waals surface area contributed by atoms with E-state index in [1.807, 2.05) is 20.8 Å². The number of hydrogen-bond donors (Lipinski definition) is 1. The van der Waals surface area contributed by atoms with E-state index in [1.165, 1.54) is 23.1 Å². The molecule has 5 nitrogen and oxygen atoms in total. The number of carbonyl (C=O) groups excluding carboxylic acids is 1. The van der Waals surface area contributed by atoms with E-state index in [0.717, 1.165) is 12.1 Å². The molecule has 0 aliphatic carbocycles. The first-order chi connectivity index (χ1) is 14.9. The minimum absolute atomic E-state index is 0.0302. The highest BCUT2D eigenvalue weighted by Crippen LogP contribution is 2.30. The van der Waals surface area contributed by atoms with Gasteiger partial charge in [-0.1, -0.05) is 29.4 Å². The van der Waals surface area contributed by atoms with Crippen molar-refractivity contribution in [2.75, 3.05) is 6.54 Å². The molecule has 172 valence electrons. The molecule has 0 unspecified atom stereocenters. The molecule has 1 aliphatic rings. The molecule has 0 radical (unpaired) electrons. The minimum Gasteiger partial charge on any atom is -0.390 e. The monoisotopic (exact) mass is 451 g/mol. The summed E-state index contributed by atoms with van der Waals surface area (Å²) >= 11 is 0. The molecule has 1 heterocycles. The molecular weight excluding hydrogens is 426 g/mol. The second kappa shape index (κ2) is 9.18. The van der Waals surface area contributed by atoms with E-state index in [0.29, 0.717) is 23.3 Å². The molecule has 0 fully saturated rings. The fourth-order valence-corrected chi connectivity index (χ4v) is 3.27. The Morgan fingerprint density at radius 2 is 1.84 bits per heavy atom. The number of benzene rings is 2. The lowest BCUT2D eigenvalue weighted by molar-refractivity contribution is -0.137. The number of amides is 2. The Morgan fingerprint density at radius 1 is 1.16 bits per heavy atom. The van der Waals surface area contributed by atoms with Crippen molar-refractivity contribution in [3.63, 3.8) is 0 Å². The molecule has 2 aromatic carbocycles. The molecule has 2 amide bonds. The smallest absolute Gasteiger partial charge is 0.390 e. The summed E-state index contributed by atoms with van der Waals surface area (Å²) in [6.07, 6.45) is -4.57. The van der Waals surface area contributed by atoms with Crippen LogP contribution in [-0.2, 0) is 17.6 Å². The van der Waals surface area contributed by atoms with Crippen LogP contribution in [0.4, 0.5) is 22.4 Å². The maximum atomic E-state index is 13.2. The van der Waals surface area contributed by atoms with Crippen LogP contribution >= 0.6 is 0 Å². The Morgan fingerprint density at radius 3 is 2.47 bits per heavy atom. The van der Waals surface area contributed by atoms with Gasteiger partial charge in [-0.2, -0.15) is 13.2 Å². The third kappa shape index (κ3) is 6.45. The van der Waals surface area contributed by atoms with Crippen LogP contribution in [0.25, 0.3) is 0 Å². The van der Waals surface area contributed by atoms with Crippen LogP contribution < -0.4 is 5.32 Å². The van der Waals surface area contributed by atoms with Gasteiger partial charge in [0.15, 0.2) is 6.10 Å². The third-order valence-corrected chi connectivity index (χ3v) is 4.73. The summed E-state index contributed by atoms with van der Waals surface area (Å²) in [5, 5.41) is 6.88. The molecule has 1 atom stereocenters. The van der Waals surface area contributed by atoms with Gasteiger partial charge in [-0.3, -0.25) is 0 Å². The van der Waals surface area contributed by atoms with Gasteiger partial charge in [0.05, 0.1) is 17.8 Å². The SMILES string of the molecule is CC(C)(C)NC(=O)N(Cc1cccc(C(F)(F)F)c1)C[C@H]1CC(c2ccc(F)cc2)=NO1. The van der Waals surface area contributed by atoms with Crippen LogP contribution in [-0.4, -0.2) is 34.8 Å². The zero-order valence-corrected chi connectivity index (χ0v) is 18.0. The molecule has 1 aliphatic heterocycles. The van der Waals surface area contributed by atoms with Gasteiger partial charge in [-0.25, -0.2) is 9.18 Å². The molecule has 32 heavy (non-hydrogen) atoms. The van der Waals surface area contributed by atoms with Gasteiger partial charge < -0.3 is 15.1 Å². The van der Waals surface area contributed by atoms with Crippen molar-refractivity contribution in [1.29, 1.82) is 0 Å². The first kappa shape index (κ1) is 23.6. The van der Waals surface area contributed by atoms with E-state index in [1.54, 1.807) is 18.2 Å². The predicted octanol–water partition coefficient (Wildman–Crippen LogP) is 5.35. The summed E-state index contributed by atoms with van der Waals surface area (Å²) in [5.41, 5.74) is 0.365. The molecule has 0 bridgehead atoms. The van der Waals surface area contributed by atoms with Crippen molar-refractivity contribution < 1.29 is 27.2 Å². The lowest BCUT2D eigenvalue weighted by atomic mass is 10.0. The number of halogens is 4. The largest absolute Gasteiger partial charge is 0.416 e. The third-order valence-electron chi connectivity index (χ3n) is 4.73. The van der Waals surface area contributed by atoms with E-state index in [4.69, 9.17) is 4.84 Å². The number of urea groups is 1. The lowest BCUT2D eigenvalue weighted by Gasteiger charge is -2.30. The van der Waals surface area contributed by atoms with Gasteiger partial charge in [0, 0.05) is 18.5 Å². The number of hydrogen-bond acceptors (Lipinski definition) is 3. The molecule has 3 rings (SSSR count). The summed E-state index contributed by atoms with van der Waals surface area (Å²) in [6, 6.07) is 10.3. The number of rotatable bonds is 5. The van der Waals surface area contributed by atoms with Gasteiger partial charge in [-0.15, -0.1) is 0 Å². The topological polar surface area (TPSA) is 53.9 Å². The van der Waals surface area contributed by atoms with Crippen LogP contribution in [0.2, 0.25) is 0 Å². The number of alkyl halides is 3. The number of oxime groups is 1. The van der Waals surface area contributed by atoms with Crippen molar-refractivity contribution in [1.82, 2.24) is 10.2 Å². The summed E-state index contributed by atoms with van der Waals surface area (Å²) in [4.78, 5) is 19.8. The van der Waals surface area contributed by atoms with Crippen LogP contribution in [0.15, 0.2) is 53.7 Å². The molecule has 1 N–H and O–H groups in total. The van der Waals surface area contributed by atoms with Gasteiger partial charge >= 0.3 is 12.2 Å². The van der Waals surface area contributed by atoms with Crippen molar-refractivity contribution in [3.05, 3.63) is 71.0 Å². The number of carbonyl (C=O) groups is 1. The molecule has 9 heteroatoms. The highest BCUT2D eigenvalue weighted by molar-refractivity contribution is 6.01. The van der Waals surface area contributed by atoms with E-state index in [-0.39, 0.29) is 18.9 Å². The molecule has 2 aromatic rings. The van der Waals surface area contributed by atoms with Crippen molar-refractivity contribution in [3.8, 4) is 0 Å². The molecule has 0 saturated carbocycles. The fourth-order valence-electron chi connectivity index (χ4n) is 3.27. The zero-order valence-electron chi connectivity index (χ0n) is 18.0. The average Bonchev–Trinajstić information content (AvgIpc) is 3.15. The van der Waals surface area contributed by atoms with E-state index in [9.17, 15) is 22.4 Å². The second-order valence-electron chi connectivity index (χ2n) is 8.74. The second-order valence-corrected chi connectivity index (χ2v) is 8.74. The van der Waals surface area contributed by atoms with Crippen molar-refractivity contribution in [2.45, 2.75) is 51.6 Å². The quantitative estimate of drug-likeness (QED) is 0.624. The average molecular weight is 451 g/mol. The maximum Gasteiger partial charge on any atom is 0.416 e. The summed E-state index contributed by atoms with van der Waals surface area (Å²) in [7, 11) is 0. The van der Waals surface area contributed by atoms with E-state index >= 15 is 0 Å². The summed E-state index contributed by atoms with van der Waals surface area (Å²) in [5.74, 6) is -0.365. The minimum atomic E-state index is -4.47. The van der Waals surface area contributed by atoms with Crippen LogP contribution in [0, 0.1) is 5.82 Å². The predicted molar refractivity (Wildman–Crippen MR) is 113 cm³/mol. The van der Waals surface area contributed by atoms with Gasteiger partial charge in [0.25, 0.3) is 0 Å². The first-order valence-corrected chi connectivity index (χ1v) is 10.1. The Hall–Kier alpha value is -3.10. The maximum absolute atomic E-state index is 13.2. The molecule has 0 aromatic heterocycles. The van der Waals surface area contributed by atoms with E-state index in [2.05, 4.69) is 10.5 Å². The Balaban J connectivity index is 1.74. The molecular formula is C23H25F4N3O2. The Kier molecular flexibility index (Phi) is 6.76. The standard InChI is InChI=1S/C23H25F4N3O2/c1-22(2,3)28-21(31)30(13-15-5-4-6-17(11-15)23(25,26)27)14-19-12-20(29-32-19)16-7-9-18(24)10-8-16/h4-11,19H,12-14H2,1-3H3,(H,28,31)/t19-/m1/s1. The van der Waals surface area contributed by atoms with Crippen LogP contribution in [0.1, 0.15) is 43.9 Å². The summed E-state index contributed by atoms with van der Waals surface area (Å²) < 4.78 is 52.4. The fraction of sp³-hybridized carbons (Fsp3) is 0.391. The lowest BCUT2D eigenvalue weighted by Crippen LogP contribution is -2.50. The van der Waals surface area contributed by atoms with Crippen molar-refractivity contribution in [2.24, 2.45) is 5.16 Å². The zero-order chi connectivity index (χ0) is 23.5. The Bertz CT molecular complexity index is 982. The molecule has 0 spiro atoms. The molecule has 0 saturated heterocycles. The first-order valence-electron chi connectivity index (χ1n) is 10.1. The van der Waals surface area contributed by atoms with Crippen molar-refractivity contribution >= 4 is 11.7 Å². The Labute approximate surface area is 184 Å². The number of nitrogens with zero attached hydrogens (tertiary/aromatic N) is 2. The van der Waals surface area contributed by atoms with Gasteiger partial charge in [-0.05, 0) is 56.2 Å². The highest BCUT2D eigenvalue weighted by atomic mass is 19.4. The van der Waals surface area contributed by atoms with Gasteiger partial charge in [0.2, 0.25) is 0 Å². The van der Waals surface area contributed by atoms with E-state index < -0.39 is 29.4 Å². The highest BCUT2D eigenvalue weighted by Gasteiger charge is 2.32. The summed E-state index contributed by atoms with van der Waals surface area (Å²) in [6.45, 7) is 5.53. The van der Waals surface area contributed by atoms with Gasteiger partial charge in [0.1, 0.15) is 5.82 Å². The number of nitrogens with one attached hydrogen (secondary N) is 1. The normalized spacial score (nSPS) is 16.3. The van der Waals surface area contributed by atoms with Crippen LogP contribution in [0.3, 0.4) is 0 Å².